The maximum absolute atomic E-state index is 12.8. The minimum absolute atomic E-state index is 0.0309. The first-order valence-electron chi connectivity index (χ1n) is 10.0. The van der Waals surface area contributed by atoms with Crippen LogP contribution in [0, 0.1) is 13.8 Å². The molecule has 29 heavy (non-hydrogen) atoms. The van der Waals surface area contributed by atoms with Crippen molar-refractivity contribution in [1.82, 2.24) is 0 Å². The monoisotopic (exact) mass is 398 g/mol. The smallest absolute Gasteiger partial charge is 0.349 e. The lowest BCUT2D eigenvalue weighted by molar-refractivity contribution is 0.0895. The van der Waals surface area contributed by atoms with Gasteiger partial charge in [-0.25, -0.2) is 4.79 Å². The van der Waals surface area contributed by atoms with E-state index in [0.717, 1.165) is 37.2 Å². The molecule has 0 saturated carbocycles. The van der Waals surface area contributed by atoms with Crippen LogP contribution in [-0.4, -0.2) is 38.8 Å². The molecule has 1 aromatic carbocycles. The molecule has 7 heteroatoms. The first kappa shape index (κ1) is 19.7. The summed E-state index contributed by atoms with van der Waals surface area (Å²) in [5, 5.41) is 2.85. The fourth-order valence-electron chi connectivity index (χ4n) is 3.86. The maximum atomic E-state index is 12.8. The quantitative estimate of drug-likeness (QED) is 0.852. The third-order valence-corrected chi connectivity index (χ3v) is 5.48. The largest absolute Gasteiger partial charge is 0.424 e. The molecule has 2 saturated heterocycles. The number of hydrogen-bond acceptors (Lipinski definition) is 6. The molecule has 0 spiro atoms. The van der Waals surface area contributed by atoms with Crippen molar-refractivity contribution in [3.63, 3.8) is 0 Å². The van der Waals surface area contributed by atoms with Crippen LogP contribution in [0.3, 0.4) is 0 Å². The minimum Gasteiger partial charge on any atom is -0.424 e. The third kappa shape index (κ3) is 4.21. The number of ether oxygens (including phenoxy) is 2. The molecule has 0 aliphatic carbocycles. The van der Waals surface area contributed by atoms with Gasteiger partial charge in [-0.3, -0.25) is 4.79 Å². The van der Waals surface area contributed by atoms with Gasteiger partial charge in [0.1, 0.15) is 17.4 Å². The van der Waals surface area contributed by atoms with E-state index in [0.29, 0.717) is 36.8 Å². The molecule has 7 nitrogen and oxygen atoms in total. The predicted octanol–water partition coefficient (Wildman–Crippen LogP) is 3.20. The van der Waals surface area contributed by atoms with Gasteiger partial charge in [0.05, 0.1) is 13.2 Å². The van der Waals surface area contributed by atoms with Crippen LogP contribution in [0.1, 0.15) is 46.2 Å². The number of amides is 1. The van der Waals surface area contributed by atoms with Crippen LogP contribution in [0.15, 0.2) is 33.5 Å². The van der Waals surface area contributed by atoms with Gasteiger partial charge in [-0.1, -0.05) is 0 Å². The van der Waals surface area contributed by atoms with Crippen LogP contribution in [0.25, 0.3) is 0 Å². The highest BCUT2D eigenvalue weighted by molar-refractivity contribution is 6.05. The summed E-state index contributed by atoms with van der Waals surface area (Å²) in [6, 6.07) is 7.62. The fourth-order valence-corrected chi connectivity index (χ4v) is 3.86. The van der Waals surface area contributed by atoms with E-state index in [2.05, 4.69) is 10.2 Å². The Kier molecular flexibility index (Phi) is 5.69. The molecule has 0 bridgehead atoms. The van der Waals surface area contributed by atoms with Crippen molar-refractivity contribution in [2.24, 2.45) is 0 Å². The average molecular weight is 398 g/mol. The van der Waals surface area contributed by atoms with Crippen molar-refractivity contribution < 1.29 is 18.7 Å². The molecule has 4 rings (SSSR count). The van der Waals surface area contributed by atoms with Gasteiger partial charge in [0.2, 0.25) is 0 Å². The second-order valence-corrected chi connectivity index (χ2v) is 7.55. The van der Waals surface area contributed by atoms with E-state index < -0.39 is 11.5 Å². The molecular formula is C22H26N2O5. The van der Waals surface area contributed by atoms with Crippen LogP contribution in [0.4, 0.5) is 11.4 Å². The predicted molar refractivity (Wildman–Crippen MR) is 110 cm³/mol. The van der Waals surface area contributed by atoms with Crippen molar-refractivity contribution in [3.05, 3.63) is 57.1 Å². The SMILES string of the molecule is Cc1cc(N2CCOCC2)ccc1NC(=O)c1c(C)cc(C2CCCO2)oc1=O. The number of aryl methyl sites for hydroxylation is 2. The van der Waals surface area contributed by atoms with Crippen molar-refractivity contribution in [2.45, 2.75) is 32.8 Å². The van der Waals surface area contributed by atoms with Gasteiger partial charge in [0, 0.05) is 31.1 Å². The summed E-state index contributed by atoms with van der Waals surface area (Å²) in [6.45, 7) is 7.48. The van der Waals surface area contributed by atoms with E-state index in [1.807, 2.05) is 25.1 Å². The van der Waals surface area contributed by atoms with Gasteiger partial charge in [-0.15, -0.1) is 0 Å². The number of anilines is 2. The van der Waals surface area contributed by atoms with Crippen LogP contribution < -0.4 is 15.8 Å². The molecule has 2 fully saturated rings. The van der Waals surface area contributed by atoms with E-state index in [-0.39, 0.29) is 11.7 Å². The highest BCUT2D eigenvalue weighted by atomic mass is 16.5. The molecule has 2 aromatic rings. The summed E-state index contributed by atoms with van der Waals surface area (Å²) >= 11 is 0. The van der Waals surface area contributed by atoms with Gasteiger partial charge >= 0.3 is 5.63 Å². The molecule has 1 unspecified atom stereocenters. The van der Waals surface area contributed by atoms with Gasteiger partial charge in [0.25, 0.3) is 5.91 Å². The molecule has 3 heterocycles. The van der Waals surface area contributed by atoms with Crippen LogP contribution >= 0.6 is 0 Å². The lowest BCUT2D eigenvalue weighted by Gasteiger charge is -2.29. The molecule has 154 valence electrons. The van der Waals surface area contributed by atoms with Crippen molar-refractivity contribution in [2.75, 3.05) is 43.1 Å². The highest BCUT2D eigenvalue weighted by Gasteiger charge is 2.24. The number of carbonyl (C=O) groups is 1. The number of hydrogen-bond donors (Lipinski definition) is 1. The van der Waals surface area contributed by atoms with E-state index in [1.54, 1.807) is 13.0 Å². The van der Waals surface area contributed by atoms with Crippen molar-refractivity contribution >= 4 is 17.3 Å². The van der Waals surface area contributed by atoms with Crippen molar-refractivity contribution in [3.8, 4) is 0 Å². The lowest BCUT2D eigenvalue weighted by Crippen LogP contribution is -2.36. The lowest BCUT2D eigenvalue weighted by atomic mass is 10.1. The number of carbonyl (C=O) groups excluding carboxylic acids is 1. The third-order valence-electron chi connectivity index (χ3n) is 5.48. The van der Waals surface area contributed by atoms with Crippen LogP contribution in [0.5, 0.6) is 0 Å². The zero-order valence-corrected chi connectivity index (χ0v) is 16.8. The Bertz CT molecular complexity index is 956. The van der Waals surface area contributed by atoms with Gasteiger partial charge in [0.15, 0.2) is 0 Å². The topological polar surface area (TPSA) is 81.0 Å². The summed E-state index contributed by atoms with van der Waals surface area (Å²) in [7, 11) is 0. The molecule has 2 aliphatic heterocycles. The summed E-state index contributed by atoms with van der Waals surface area (Å²) in [4.78, 5) is 27.5. The minimum atomic E-state index is -0.629. The standard InChI is InChI=1S/C22H26N2O5/c1-14-12-16(24-7-10-27-11-8-24)5-6-17(14)23-21(25)20-15(2)13-19(29-22(20)26)18-4-3-9-28-18/h5-6,12-13,18H,3-4,7-11H2,1-2H3,(H,23,25). The Morgan fingerprint density at radius 1 is 1.10 bits per heavy atom. The number of benzene rings is 1. The Hall–Kier alpha value is -2.64. The molecule has 1 amide bonds. The van der Waals surface area contributed by atoms with Gasteiger partial charge < -0.3 is 24.1 Å². The summed E-state index contributed by atoms with van der Waals surface area (Å²) in [5.41, 5.74) is 2.70. The molecule has 1 atom stereocenters. The van der Waals surface area contributed by atoms with Gasteiger partial charge in [-0.2, -0.15) is 0 Å². The van der Waals surface area contributed by atoms with E-state index in [1.165, 1.54) is 0 Å². The van der Waals surface area contributed by atoms with E-state index in [4.69, 9.17) is 13.9 Å². The molecule has 1 N–H and O–H groups in total. The number of rotatable bonds is 4. The second kappa shape index (κ2) is 8.39. The number of nitrogens with one attached hydrogen (secondary N) is 1. The van der Waals surface area contributed by atoms with Crippen LogP contribution in [0.2, 0.25) is 0 Å². The highest BCUT2D eigenvalue weighted by Crippen LogP contribution is 2.29. The van der Waals surface area contributed by atoms with Crippen LogP contribution in [-0.2, 0) is 9.47 Å². The average Bonchev–Trinajstić information content (AvgIpc) is 3.24. The van der Waals surface area contributed by atoms with E-state index in [9.17, 15) is 9.59 Å². The first-order valence-corrected chi connectivity index (χ1v) is 10.0. The number of nitrogens with zero attached hydrogens (tertiary/aromatic N) is 1. The molecular weight excluding hydrogens is 372 g/mol. The first-order chi connectivity index (χ1) is 14.0. The molecule has 1 aromatic heterocycles. The second-order valence-electron chi connectivity index (χ2n) is 7.55. The Balaban J connectivity index is 1.52. The molecule has 2 aliphatic rings. The number of morpholine rings is 1. The Morgan fingerprint density at radius 2 is 1.90 bits per heavy atom. The molecule has 0 radical (unpaired) electrons. The Labute approximate surface area is 169 Å². The normalized spacial score (nSPS) is 19.4. The Morgan fingerprint density at radius 3 is 2.55 bits per heavy atom. The summed E-state index contributed by atoms with van der Waals surface area (Å²) in [6.07, 6.45) is 1.56. The summed E-state index contributed by atoms with van der Waals surface area (Å²) in [5.74, 6) is 0.0324. The maximum Gasteiger partial charge on any atom is 0.349 e. The van der Waals surface area contributed by atoms with Crippen molar-refractivity contribution in [1.29, 1.82) is 0 Å². The van der Waals surface area contributed by atoms with Gasteiger partial charge in [-0.05, 0) is 62.1 Å². The zero-order chi connectivity index (χ0) is 20.4. The zero-order valence-electron chi connectivity index (χ0n) is 16.8. The fraction of sp³-hybridized carbons (Fsp3) is 0.455. The van der Waals surface area contributed by atoms with E-state index >= 15 is 0 Å². The summed E-state index contributed by atoms with van der Waals surface area (Å²) < 4.78 is 16.4.